The van der Waals surface area contributed by atoms with Crippen molar-refractivity contribution in [2.75, 3.05) is 16.4 Å². The zero-order valence-corrected chi connectivity index (χ0v) is 21.1. The average Bonchev–Trinajstić information content (AvgIpc) is 3.31. The molecule has 2 heterocycles. The normalized spacial score (nSPS) is 21.7. The van der Waals surface area contributed by atoms with Gasteiger partial charge in [-0.05, 0) is 41.5 Å². The second-order valence-electron chi connectivity index (χ2n) is 8.50. The smallest absolute Gasteiger partial charge is 0.252 e. The molecule has 2 aliphatic heterocycles. The third-order valence-corrected chi connectivity index (χ3v) is 9.53. The van der Waals surface area contributed by atoms with Gasteiger partial charge in [-0.25, -0.2) is 8.42 Å². The van der Waals surface area contributed by atoms with Gasteiger partial charge in [-0.2, -0.15) is 4.99 Å². The summed E-state index contributed by atoms with van der Waals surface area (Å²) in [5.74, 6) is 0.494. The molecule has 0 bridgehead atoms. The third kappa shape index (κ3) is 5.55. The van der Waals surface area contributed by atoms with Gasteiger partial charge in [0.05, 0.1) is 24.0 Å². The first-order valence-electron chi connectivity index (χ1n) is 11.2. The molecule has 180 valence electrons. The molecule has 2 aliphatic rings. The maximum absolute atomic E-state index is 12.8. The van der Waals surface area contributed by atoms with E-state index in [2.05, 4.69) is 4.99 Å². The summed E-state index contributed by atoms with van der Waals surface area (Å²) < 4.78 is 30.5. The van der Waals surface area contributed by atoms with Crippen LogP contribution < -0.4 is 9.64 Å². The van der Waals surface area contributed by atoms with Crippen molar-refractivity contribution in [3.63, 3.8) is 0 Å². The van der Waals surface area contributed by atoms with Crippen LogP contribution >= 0.6 is 23.4 Å². The second kappa shape index (κ2) is 10.0. The van der Waals surface area contributed by atoms with Crippen molar-refractivity contribution >= 4 is 50.0 Å². The Morgan fingerprint density at radius 3 is 2.46 bits per heavy atom. The number of anilines is 1. The van der Waals surface area contributed by atoms with Gasteiger partial charge >= 0.3 is 0 Å². The quantitative estimate of drug-likeness (QED) is 0.461. The average molecular weight is 527 g/mol. The van der Waals surface area contributed by atoms with Crippen LogP contribution in [0.25, 0.3) is 0 Å². The molecule has 2 fully saturated rings. The number of rotatable bonds is 6. The molecule has 0 N–H and O–H groups in total. The number of carbonyl (C=O) groups excluding carboxylic acids is 1. The number of sulfone groups is 1. The number of carbonyl (C=O) groups is 1. The van der Waals surface area contributed by atoms with Gasteiger partial charge in [-0.3, -0.25) is 4.79 Å². The van der Waals surface area contributed by atoms with E-state index in [9.17, 15) is 13.2 Å². The zero-order chi connectivity index (χ0) is 24.4. The number of amides is 1. The number of thioether (sulfide) groups is 1. The summed E-state index contributed by atoms with van der Waals surface area (Å²) in [6.07, 6.45) is 0.0808. The van der Waals surface area contributed by atoms with Crippen molar-refractivity contribution in [1.82, 2.24) is 0 Å². The Bertz CT molecular complexity index is 1360. The van der Waals surface area contributed by atoms with Gasteiger partial charge in [0.25, 0.3) is 5.91 Å². The van der Waals surface area contributed by atoms with Gasteiger partial charge in [-0.1, -0.05) is 71.9 Å². The molecule has 2 saturated heterocycles. The van der Waals surface area contributed by atoms with Crippen molar-refractivity contribution in [2.24, 2.45) is 4.99 Å². The Hall–Kier alpha value is -2.81. The lowest BCUT2D eigenvalue weighted by Crippen LogP contribution is -2.37. The number of hydrogen-bond acceptors (Lipinski definition) is 5. The molecule has 1 amide bonds. The van der Waals surface area contributed by atoms with E-state index < -0.39 is 9.84 Å². The van der Waals surface area contributed by atoms with Gasteiger partial charge in [-0.15, -0.1) is 0 Å². The molecule has 2 atom stereocenters. The van der Waals surface area contributed by atoms with E-state index in [1.54, 1.807) is 12.1 Å². The summed E-state index contributed by atoms with van der Waals surface area (Å²) >= 11 is 7.56. The molecule has 2 unspecified atom stereocenters. The maximum Gasteiger partial charge on any atom is 0.252 e. The summed E-state index contributed by atoms with van der Waals surface area (Å²) in [6.45, 7) is 0.450. The predicted octanol–water partition coefficient (Wildman–Crippen LogP) is 4.76. The van der Waals surface area contributed by atoms with Crippen LogP contribution in [0.2, 0.25) is 5.02 Å². The van der Waals surface area contributed by atoms with Crippen molar-refractivity contribution in [2.45, 2.75) is 24.3 Å². The van der Waals surface area contributed by atoms with Gasteiger partial charge in [0.2, 0.25) is 0 Å². The highest BCUT2D eigenvalue weighted by atomic mass is 35.5. The fourth-order valence-corrected chi connectivity index (χ4v) is 8.39. The SMILES string of the molecule is O=C(Cc1ccccc1Cl)N=C1SC2CS(=O)(=O)CC2N1c1ccc(OCc2ccccc2)cc1. The number of benzene rings is 3. The highest BCUT2D eigenvalue weighted by Gasteiger charge is 2.49. The van der Waals surface area contributed by atoms with Crippen LogP contribution in [0.1, 0.15) is 11.1 Å². The molecule has 0 spiro atoms. The van der Waals surface area contributed by atoms with Crippen molar-refractivity contribution in [3.8, 4) is 5.75 Å². The highest BCUT2D eigenvalue weighted by molar-refractivity contribution is 8.16. The van der Waals surface area contributed by atoms with E-state index >= 15 is 0 Å². The Morgan fingerprint density at radius 2 is 1.71 bits per heavy atom. The largest absolute Gasteiger partial charge is 0.489 e. The first-order chi connectivity index (χ1) is 16.9. The summed E-state index contributed by atoms with van der Waals surface area (Å²) in [5, 5.41) is 0.872. The first-order valence-corrected chi connectivity index (χ1v) is 14.2. The monoisotopic (exact) mass is 526 g/mol. The third-order valence-electron chi connectivity index (χ3n) is 5.95. The fourth-order valence-electron chi connectivity index (χ4n) is 4.26. The molecule has 9 heteroatoms. The molecule has 3 aromatic carbocycles. The molecule has 6 nitrogen and oxygen atoms in total. The van der Waals surface area contributed by atoms with E-state index in [0.717, 1.165) is 11.3 Å². The van der Waals surface area contributed by atoms with E-state index in [1.807, 2.05) is 71.6 Å². The lowest BCUT2D eigenvalue weighted by molar-refractivity contribution is -0.117. The molecule has 0 aromatic heterocycles. The lowest BCUT2D eigenvalue weighted by atomic mass is 10.1. The molecule has 35 heavy (non-hydrogen) atoms. The minimum Gasteiger partial charge on any atom is -0.489 e. The molecule has 5 rings (SSSR count). The summed E-state index contributed by atoms with van der Waals surface area (Å²) in [4.78, 5) is 19.1. The predicted molar refractivity (Wildman–Crippen MR) is 141 cm³/mol. The summed E-state index contributed by atoms with van der Waals surface area (Å²) in [6, 6.07) is 24.3. The molecule has 0 radical (unpaired) electrons. The van der Waals surface area contributed by atoms with Crippen LogP contribution in [0.4, 0.5) is 5.69 Å². The van der Waals surface area contributed by atoms with Gasteiger partial charge < -0.3 is 9.64 Å². The molecule has 0 saturated carbocycles. The van der Waals surface area contributed by atoms with Crippen LogP contribution in [-0.2, 0) is 27.7 Å². The van der Waals surface area contributed by atoms with Crippen LogP contribution in [-0.4, -0.2) is 42.3 Å². The molecular formula is C26H23ClN2O4S2. The summed E-state index contributed by atoms with van der Waals surface area (Å²) in [5.41, 5.74) is 2.55. The summed E-state index contributed by atoms with van der Waals surface area (Å²) in [7, 11) is -3.14. The minimum absolute atomic E-state index is 0.0364. The highest BCUT2D eigenvalue weighted by Crippen LogP contribution is 2.41. The molecule has 0 aliphatic carbocycles. The number of halogens is 1. The van der Waals surface area contributed by atoms with Gasteiger partial charge in [0.1, 0.15) is 12.4 Å². The number of aliphatic imine (C=N–C) groups is 1. The van der Waals surface area contributed by atoms with Crippen LogP contribution in [0.5, 0.6) is 5.75 Å². The minimum atomic E-state index is -3.14. The standard InChI is InChI=1S/C26H23ClN2O4S2/c27-22-9-5-4-8-19(22)14-25(30)28-26-29(23-16-35(31,32)17-24(23)34-26)20-10-12-21(13-11-20)33-15-18-6-2-1-3-7-18/h1-13,23-24H,14-17H2. The van der Waals surface area contributed by atoms with Crippen LogP contribution in [0, 0.1) is 0 Å². The van der Waals surface area contributed by atoms with E-state index in [4.69, 9.17) is 16.3 Å². The van der Waals surface area contributed by atoms with Gasteiger partial charge in [0, 0.05) is 16.0 Å². The Kier molecular flexibility index (Phi) is 6.86. The number of hydrogen-bond donors (Lipinski definition) is 0. The van der Waals surface area contributed by atoms with Crippen molar-refractivity contribution in [1.29, 1.82) is 0 Å². The van der Waals surface area contributed by atoms with E-state index in [1.165, 1.54) is 11.8 Å². The van der Waals surface area contributed by atoms with Crippen molar-refractivity contribution < 1.29 is 17.9 Å². The maximum atomic E-state index is 12.8. The number of amidine groups is 1. The number of ether oxygens (including phenoxy) is 1. The van der Waals surface area contributed by atoms with Crippen LogP contribution in [0.15, 0.2) is 83.9 Å². The number of nitrogens with zero attached hydrogens (tertiary/aromatic N) is 2. The second-order valence-corrected chi connectivity index (χ2v) is 12.3. The van der Waals surface area contributed by atoms with Gasteiger partial charge in [0.15, 0.2) is 15.0 Å². The topological polar surface area (TPSA) is 76.0 Å². The van der Waals surface area contributed by atoms with E-state index in [0.29, 0.717) is 28.1 Å². The zero-order valence-electron chi connectivity index (χ0n) is 18.7. The molecular weight excluding hydrogens is 504 g/mol. The van der Waals surface area contributed by atoms with Crippen LogP contribution in [0.3, 0.4) is 0 Å². The Balaban J connectivity index is 1.37. The Labute approximate surface area is 213 Å². The Morgan fingerprint density at radius 1 is 1.00 bits per heavy atom. The first kappa shape index (κ1) is 23.9. The molecule has 3 aromatic rings. The number of fused-ring (bicyclic) bond motifs is 1. The fraction of sp³-hybridized carbons (Fsp3) is 0.231. The van der Waals surface area contributed by atoms with Crippen molar-refractivity contribution in [3.05, 3.63) is 95.0 Å². The lowest BCUT2D eigenvalue weighted by Gasteiger charge is -2.24. The van der Waals surface area contributed by atoms with E-state index in [-0.39, 0.29) is 35.1 Å².